The molecule has 0 fully saturated rings. The molecular weight excluding hydrogens is 400 g/mol. The van der Waals surface area contributed by atoms with Gasteiger partial charge in [-0.25, -0.2) is 8.42 Å². The molecule has 2 aromatic carbocycles. The molecule has 0 saturated heterocycles. The summed E-state index contributed by atoms with van der Waals surface area (Å²) in [7, 11) is -2.04. The van der Waals surface area contributed by atoms with Gasteiger partial charge in [0.2, 0.25) is 15.7 Å². The average molecular weight is 418 g/mol. The van der Waals surface area contributed by atoms with Gasteiger partial charge in [0.15, 0.2) is 0 Å². The normalized spacial score (nSPS) is 11.8. The van der Waals surface area contributed by atoms with Crippen LogP contribution in [0, 0.1) is 0 Å². The van der Waals surface area contributed by atoms with Crippen molar-refractivity contribution >= 4 is 38.4 Å². The minimum atomic E-state index is -3.74. The molecule has 0 unspecified atom stereocenters. The summed E-state index contributed by atoms with van der Waals surface area (Å²) in [5.41, 5.74) is 1.85. The molecule has 4 aromatic rings. The maximum atomic E-state index is 13.1. The number of anilines is 1. The molecule has 0 bridgehead atoms. The second kappa shape index (κ2) is 7.92. The van der Waals surface area contributed by atoms with E-state index in [9.17, 15) is 13.2 Å². The lowest BCUT2D eigenvalue weighted by Crippen LogP contribution is -2.08. The highest BCUT2D eigenvalue weighted by molar-refractivity contribution is 7.91. The zero-order valence-corrected chi connectivity index (χ0v) is 16.9. The van der Waals surface area contributed by atoms with Crippen molar-refractivity contribution in [2.75, 3.05) is 5.32 Å². The smallest absolute Gasteiger partial charge is 0.248 e. The third-order valence-corrected chi connectivity index (χ3v) is 6.36. The Hall–Kier alpha value is -3.78. The van der Waals surface area contributed by atoms with E-state index in [-0.39, 0.29) is 15.7 Å². The predicted octanol–water partition coefficient (Wildman–Crippen LogP) is 3.45. The van der Waals surface area contributed by atoms with E-state index in [2.05, 4.69) is 15.4 Å². The lowest BCUT2D eigenvalue weighted by molar-refractivity contribution is -0.111. The van der Waals surface area contributed by atoms with Crippen LogP contribution in [0.5, 0.6) is 0 Å². The van der Waals surface area contributed by atoms with E-state index in [1.807, 2.05) is 12.1 Å². The van der Waals surface area contributed by atoms with Gasteiger partial charge in [-0.2, -0.15) is 5.10 Å². The van der Waals surface area contributed by atoms with Crippen LogP contribution in [-0.2, 0) is 21.7 Å². The third-order valence-electron chi connectivity index (χ3n) is 4.56. The molecule has 7 nitrogen and oxygen atoms in total. The molecule has 1 amide bonds. The van der Waals surface area contributed by atoms with Crippen LogP contribution in [-0.4, -0.2) is 29.1 Å². The summed E-state index contributed by atoms with van der Waals surface area (Å²) in [4.78, 5) is 16.4. The number of benzene rings is 2. The fourth-order valence-corrected chi connectivity index (χ4v) is 4.60. The molecule has 1 N–H and O–H groups in total. The number of hydrogen-bond acceptors (Lipinski definition) is 5. The lowest BCUT2D eigenvalue weighted by Gasteiger charge is -2.09. The Kier molecular flexibility index (Phi) is 5.16. The molecule has 0 spiro atoms. The van der Waals surface area contributed by atoms with E-state index in [1.54, 1.807) is 66.7 Å². The van der Waals surface area contributed by atoms with Crippen LogP contribution >= 0.6 is 0 Å². The Morgan fingerprint density at radius 1 is 1.03 bits per heavy atom. The van der Waals surface area contributed by atoms with Crippen LogP contribution in [0.25, 0.3) is 17.0 Å². The fourth-order valence-electron chi connectivity index (χ4n) is 3.09. The summed E-state index contributed by atoms with van der Waals surface area (Å²) in [5, 5.41) is 7.61. The van der Waals surface area contributed by atoms with Crippen molar-refractivity contribution in [3.63, 3.8) is 0 Å². The topological polar surface area (TPSA) is 94.0 Å². The molecule has 0 aliphatic heterocycles. The van der Waals surface area contributed by atoms with Crippen molar-refractivity contribution in [3.05, 3.63) is 84.8 Å². The Morgan fingerprint density at radius 3 is 2.57 bits per heavy atom. The van der Waals surface area contributed by atoms with Crippen LogP contribution < -0.4 is 5.32 Å². The summed E-state index contributed by atoms with van der Waals surface area (Å²) in [6.45, 7) is 0. The second-order valence-electron chi connectivity index (χ2n) is 6.60. The Balaban J connectivity index is 1.55. The number of aryl methyl sites for hydroxylation is 1. The van der Waals surface area contributed by atoms with Crippen molar-refractivity contribution in [1.82, 2.24) is 14.8 Å². The Morgan fingerprint density at radius 2 is 1.83 bits per heavy atom. The number of carbonyl (C=O) groups excluding carboxylic acids is 1. The first-order chi connectivity index (χ1) is 14.4. The number of carbonyl (C=O) groups is 1. The van der Waals surface area contributed by atoms with Crippen LogP contribution in [0.15, 0.2) is 89.1 Å². The molecule has 30 heavy (non-hydrogen) atoms. The number of para-hydroxylation sites is 1. The van der Waals surface area contributed by atoms with Gasteiger partial charge in [0.05, 0.1) is 21.5 Å². The first-order valence-corrected chi connectivity index (χ1v) is 10.6. The minimum Gasteiger partial charge on any atom is -0.323 e. The first kappa shape index (κ1) is 19.5. The number of rotatable bonds is 5. The van der Waals surface area contributed by atoms with E-state index < -0.39 is 9.84 Å². The van der Waals surface area contributed by atoms with Crippen molar-refractivity contribution in [3.8, 4) is 0 Å². The number of sulfone groups is 1. The van der Waals surface area contributed by atoms with Gasteiger partial charge >= 0.3 is 0 Å². The zero-order valence-electron chi connectivity index (χ0n) is 16.1. The number of nitrogens with one attached hydrogen (secondary N) is 1. The van der Waals surface area contributed by atoms with E-state index in [1.165, 1.54) is 18.2 Å². The largest absolute Gasteiger partial charge is 0.323 e. The minimum absolute atomic E-state index is 0.139. The maximum Gasteiger partial charge on any atom is 0.248 e. The van der Waals surface area contributed by atoms with Crippen LogP contribution in [0.1, 0.15) is 5.56 Å². The molecule has 4 rings (SSSR count). The third kappa shape index (κ3) is 3.85. The molecule has 2 heterocycles. The summed E-state index contributed by atoms with van der Waals surface area (Å²) in [5.74, 6) is -0.325. The first-order valence-electron chi connectivity index (χ1n) is 9.10. The molecular formula is C22H18N4O3S. The predicted molar refractivity (Wildman–Crippen MR) is 115 cm³/mol. The van der Waals surface area contributed by atoms with Crippen molar-refractivity contribution in [1.29, 1.82) is 0 Å². The van der Waals surface area contributed by atoms with Gasteiger partial charge in [-0.3, -0.25) is 14.5 Å². The summed E-state index contributed by atoms with van der Waals surface area (Å²) < 4.78 is 27.8. The number of nitrogens with zero attached hydrogens (tertiary/aromatic N) is 3. The number of hydrogen-bond donors (Lipinski definition) is 1. The van der Waals surface area contributed by atoms with Crippen LogP contribution in [0.2, 0.25) is 0 Å². The molecule has 150 valence electrons. The summed E-state index contributed by atoms with van der Waals surface area (Å²) >= 11 is 0. The number of aromatic nitrogens is 3. The molecule has 0 aliphatic rings. The highest BCUT2D eigenvalue weighted by Gasteiger charge is 2.22. The van der Waals surface area contributed by atoms with Crippen molar-refractivity contribution in [2.24, 2.45) is 7.05 Å². The molecule has 0 atom stereocenters. The van der Waals surface area contributed by atoms with E-state index in [0.717, 1.165) is 10.9 Å². The summed E-state index contributed by atoms with van der Waals surface area (Å²) in [6, 6.07) is 14.8. The monoisotopic (exact) mass is 418 g/mol. The highest BCUT2D eigenvalue weighted by Crippen LogP contribution is 2.28. The maximum absolute atomic E-state index is 13.1. The van der Waals surface area contributed by atoms with Crippen molar-refractivity contribution in [2.45, 2.75) is 9.79 Å². The quantitative estimate of drug-likeness (QED) is 0.501. The zero-order chi connectivity index (χ0) is 21.1. The van der Waals surface area contributed by atoms with E-state index in [0.29, 0.717) is 11.2 Å². The molecule has 0 aliphatic carbocycles. The molecule has 0 radical (unpaired) electrons. The summed E-state index contributed by atoms with van der Waals surface area (Å²) in [6.07, 6.45) is 7.97. The van der Waals surface area contributed by atoms with Gasteiger partial charge in [0, 0.05) is 36.6 Å². The van der Waals surface area contributed by atoms with Gasteiger partial charge in [-0.05, 0) is 48.0 Å². The van der Waals surface area contributed by atoms with Gasteiger partial charge in [-0.15, -0.1) is 0 Å². The standard InChI is InChI=1S/C22H18N4O3S/c1-26-22-17(15-24-26)5-2-6-20(22)30(28,29)19-10-8-18(9-11-19)25-21(27)12-7-16-4-3-13-23-14-16/h2-15H,1H3,(H,25,27). The SMILES string of the molecule is Cn1ncc2cccc(S(=O)(=O)c3ccc(NC(=O)C=Cc4cccnc4)cc3)c21. The Bertz CT molecular complexity index is 1340. The van der Waals surface area contributed by atoms with Crippen LogP contribution in [0.4, 0.5) is 5.69 Å². The van der Waals surface area contributed by atoms with Gasteiger partial charge in [0.25, 0.3) is 0 Å². The number of fused-ring (bicyclic) bond motifs is 1. The molecule has 2 aromatic heterocycles. The van der Waals surface area contributed by atoms with Crippen LogP contribution in [0.3, 0.4) is 0 Å². The van der Waals surface area contributed by atoms with Gasteiger partial charge < -0.3 is 5.32 Å². The van der Waals surface area contributed by atoms with Gasteiger partial charge in [-0.1, -0.05) is 18.2 Å². The Labute approximate surface area is 173 Å². The molecule has 8 heteroatoms. The van der Waals surface area contributed by atoms with Gasteiger partial charge in [0.1, 0.15) is 0 Å². The van der Waals surface area contributed by atoms with Crippen molar-refractivity contribution < 1.29 is 13.2 Å². The lowest BCUT2D eigenvalue weighted by atomic mass is 10.2. The highest BCUT2D eigenvalue weighted by atomic mass is 32.2. The number of pyridine rings is 1. The average Bonchev–Trinajstić information content (AvgIpc) is 3.14. The molecule has 0 saturated carbocycles. The van der Waals surface area contributed by atoms with E-state index >= 15 is 0 Å². The van der Waals surface area contributed by atoms with E-state index in [4.69, 9.17) is 0 Å². The second-order valence-corrected chi connectivity index (χ2v) is 8.52. The fraction of sp³-hybridized carbons (Fsp3) is 0.0455. The number of amides is 1.